The summed E-state index contributed by atoms with van der Waals surface area (Å²) in [5.41, 5.74) is 9.04. The number of carboxylic acids is 2. The lowest BCUT2D eigenvalue weighted by atomic mass is 10.1. The number of carbonyl (C=O) groups is 4. The first kappa shape index (κ1) is 27.1. The van der Waals surface area contributed by atoms with E-state index in [-0.39, 0.29) is 12.5 Å². The van der Waals surface area contributed by atoms with E-state index in [1.807, 2.05) is 6.07 Å². The highest BCUT2D eigenvalue weighted by Gasteiger charge is 2.08. The van der Waals surface area contributed by atoms with Crippen molar-refractivity contribution in [1.82, 2.24) is 10.3 Å². The van der Waals surface area contributed by atoms with Crippen LogP contribution in [0.3, 0.4) is 0 Å². The van der Waals surface area contributed by atoms with Crippen LogP contribution in [-0.4, -0.2) is 39.1 Å². The lowest BCUT2D eigenvalue weighted by molar-refractivity contribution is -0.134. The van der Waals surface area contributed by atoms with Crippen molar-refractivity contribution in [3.63, 3.8) is 0 Å². The second-order valence-corrected chi connectivity index (χ2v) is 7.04. The summed E-state index contributed by atoms with van der Waals surface area (Å²) in [5.74, 6) is -2.77. The van der Waals surface area contributed by atoms with Gasteiger partial charge in [0.25, 0.3) is 5.91 Å². The molecule has 3 aromatic rings. The van der Waals surface area contributed by atoms with Gasteiger partial charge in [-0.1, -0.05) is 30.3 Å². The van der Waals surface area contributed by atoms with Crippen molar-refractivity contribution >= 4 is 35.3 Å². The van der Waals surface area contributed by atoms with Crippen molar-refractivity contribution in [1.29, 1.82) is 0 Å². The number of nitrogen functional groups attached to an aromatic ring is 1. The number of nitrogens with zero attached hydrogens (tertiary/aromatic N) is 1. The number of ether oxygens (including phenoxy) is 1. The molecule has 2 aromatic carbocycles. The van der Waals surface area contributed by atoms with Gasteiger partial charge in [-0.25, -0.2) is 14.4 Å². The minimum absolute atomic E-state index is 0.154. The van der Waals surface area contributed by atoms with Crippen molar-refractivity contribution in [3.8, 4) is 0 Å². The minimum atomic E-state index is -1.26. The third-order valence-corrected chi connectivity index (χ3v) is 4.32. The number of carbonyl (C=O) groups excluding carboxylic acids is 2. The first-order valence-corrected chi connectivity index (χ1v) is 10.4. The highest BCUT2D eigenvalue weighted by Crippen LogP contribution is 2.18. The van der Waals surface area contributed by atoms with Crippen LogP contribution in [0.4, 0.5) is 16.2 Å². The average molecular weight is 492 g/mol. The normalized spacial score (nSPS) is 10.0. The molecule has 11 heteroatoms. The molecule has 186 valence electrons. The number of amides is 2. The van der Waals surface area contributed by atoms with E-state index >= 15 is 0 Å². The highest BCUT2D eigenvalue weighted by atomic mass is 16.5. The van der Waals surface area contributed by atoms with Crippen LogP contribution in [0.5, 0.6) is 0 Å². The Hall–Kier alpha value is -5.19. The highest BCUT2D eigenvalue weighted by molar-refractivity contribution is 6.05. The number of aromatic nitrogens is 1. The molecule has 0 spiro atoms. The third kappa shape index (κ3) is 10.2. The molecule has 11 nitrogen and oxygen atoms in total. The molecule has 0 fully saturated rings. The summed E-state index contributed by atoms with van der Waals surface area (Å²) in [6, 6.07) is 17.6. The number of pyridine rings is 1. The largest absolute Gasteiger partial charge is 0.478 e. The summed E-state index contributed by atoms with van der Waals surface area (Å²) < 4.78 is 5.12. The standard InChI is InChI=1S/C21H20N4O3.C4H4O4/c22-18-5-1-2-6-19(18)25-20(26)17-9-7-15(8-10-17)13-24-21(27)28-14-16-4-3-11-23-12-16;5-3(6)1-2-4(7)8/h1-12H,13-14,22H2,(H,24,27)(H,25,26);1-2H,(H,5,6)(H,7,8)/b;2-1+. The van der Waals surface area contributed by atoms with E-state index in [0.29, 0.717) is 35.6 Å². The van der Waals surface area contributed by atoms with Gasteiger partial charge in [-0.2, -0.15) is 0 Å². The number of rotatable bonds is 8. The lowest BCUT2D eigenvalue weighted by Gasteiger charge is -2.09. The zero-order chi connectivity index (χ0) is 26.3. The number of hydrogen-bond acceptors (Lipinski definition) is 7. The van der Waals surface area contributed by atoms with Gasteiger partial charge in [0.05, 0.1) is 11.4 Å². The summed E-state index contributed by atoms with van der Waals surface area (Å²) in [6.45, 7) is 0.445. The van der Waals surface area contributed by atoms with Gasteiger partial charge in [0, 0.05) is 42.2 Å². The van der Waals surface area contributed by atoms with Crippen LogP contribution in [0.1, 0.15) is 21.5 Å². The van der Waals surface area contributed by atoms with E-state index in [0.717, 1.165) is 11.1 Å². The summed E-state index contributed by atoms with van der Waals surface area (Å²) in [7, 11) is 0. The van der Waals surface area contributed by atoms with Gasteiger partial charge < -0.3 is 31.3 Å². The summed E-state index contributed by atoms with van der Waals surface area (Å²) in [4.78, 5) is 47.1. The number of alkyl carbamates (subject to hydrolysis) is 1. The zero-order valence-electron chi connectivity index (χ0n) is 19.0. The topological polar surface area (TPSA) is 181 Å². The van der Waals surface area contributed by atoms with Gasteiger partial charge in [-0.3, -0.25) is 9.78 Å². The van der Waals surface area contributed by atoms with E-state index in [4.69, 9.17) is 20.7 Å². The van der Waals surface area contributed by atoms with E-state index in [2.05, 4.69) is 15.6 Å². The Balaban J connectivity index is 0.000000493. The van der Waals surface area contributed by atoms with Crippen LogP contribution in [0, 0.1) is 0 Å². The van der Waals surface area contributed by atoms with Crippen molar-refractivity contribution < 1.29 is 34.1 Å². The van der Waals surface area contributed by atoms with Crippen molar-refractivity contribution in [3.05, 3.63) is 102 Å². The molecule has 0 aliphatic rings. The van der Waals surface area contributed by atoms with Crippen LogP contribution in [0.15, 0.2) is 85.2 Å². The molecule has 0 atom stereocenters. The molecule has 36 heavy (non-hydrogen) atoms. The van der Waals surface area contributed by atoms with E-state index in [1.165, 1.54) is 0 Å². The van der Waals surface area contributed by atoms with Gasteiger partial charge in [0.1, 0.15) is 6.61 Å². The van der Waals surface area contributed by atoms with Crippen molar-refractivity contribution in [2.45, 2.75) is 13.2 Å². The molecule has 0 aliphatic heterocycles. The van der Waals surface area contributed by atoms with Gasteiger partial charge in [0.15, 0.2) is 0 Å². The maximum Gasteiger partial charge on any atom is 0.407 e. The Morgan fingerprint density at radius 2 is 1.56 bits per heavy atom. The monoisotopic (exact) mass is 492 g/mol. The summed E-state index contributed by atoms with van der Waals surface area (Å²) >= 11 is 0. The molecule has 0 saturated carbocycles. The van der Waals surface area contributed by atoms with Crippen molar-refractivity contribution in [2.75, 3.05) is 11.1 Å². The number of para-hydroxylation sites is 2. The Morgan fingerprint density at radius 1 is 0.889 bits per heavy atom. The Bertz CT molecular complexity index is 1200. The summed E-state index contributed by atoms with van der Waals surface area (Å²) in [6.07, 6.45) is 3.89. The number of carboxylic acid groups (broad SMARTS) is 2. The molecule has 0 bridgehead atoms. The Morgan fingerprint density at radius 3 is 2.14 bits per heavy atom. The Labute approximate surface area is 206 Å². The van der Waals surface area contributed by atoms with Crippen molar-refractivity contribution in [2.24, 2.45) is 0 Å². The number of aliphatic carboxylic acids is 2. The molecular weight excluding hydrogens is 468 g/mol. The second-order valence-electron chi connectivity index (χ2n) is 7.04. The number of benzene rings is 2. The van der Waals surface area contributed by atoms with Crippen LogP contribution in [0.2, 0.25) is 0 Å². The SMILES string of the molecule is Nc1ccccc1NC(=O)c1ccc(CNC(=O)OCc2cccnc2)cc1.O=C(O)/C=C/C(=O)O. The molecule has 6 N–H and O–H groups in total. The smallest absolute Gasteiger partial charge is 0.407 e. The molecule has 0 saturated heterocycles. The first-order chi connectivity index (χ1) is 17.2. The Kier molecular flexibility index (Phi) is 10.6. The second kappa shape index (κ2) is 14.2. The van der Waals surface area contributed by atoms with E-state index in [1.54, 1.807) is 67.0 Å². The maximum atomic E-state index is 12.3. The fourth-order valence-electron chi connectivity index (χ4n) is 2.58. The maximum absolute atomic E-state index is 12.3. The first-order valence-electron chi connectivity index (χ1n) is 10.4. The molecule has 0 unspecified atom stereocenters. The number of nitrogens with one attached hydrogen (secondary N) is 2. The van der Waals surface area contributed by atoms with Crippen LogP contribution < -0.4 is 16.4 Å². The van der Waals surface area contributed by atoms with E-state index in [9.17, 15) is 19.2 Å². The fraction of sp³-hybridized carbons (Fsp3) is 0.0800. The molecule has 3 rings (SSSR count). The predicted molar refractivity (Wildman–Crippen MR) is 131 cm³/mol. The van der Waals surface area contributed by atoms with Crippen LogP contribution in [0.25, 0.3) is 0 Å². The quantitative estimate of drug-likeness (QED) is 0.233. The van der Waals surface area contributed by atoms with Crippen LogP contribution >= 0.6 is 0 Å². The van der Waals surface area contributed by atoms with Gasteiger partial charge in [0.2, 0.25) is 0 Å². The zero-order valence-corrected chi connectivity index (χ0v) is 19.0. The molecule has 1 aromatic heterocycles. The van der Waals surface area contributed by atoms with Gasteiger partial charge in [-0.15, -0.1) is 0 Å². The molecule has 0 radical (unpaired) electrons. The predicted octanol–water partition coefficient (Wildman–Crippen LogP) is 3.05. The average Bonchev–Trinajstić information content (AvgIpc) is 2.87. The van der Waals surface area contributed by atoms with E-state index < -0.39 is 18.0 Å². The fourth-order valence-corrected chi connectivity index (χ4v) is 2.58. The summed E-state index contributed by atoms with van der Waals surface area (Å²) in [5, 5.41) is 21.1. The van der Waals surface area contributed by atoms with Gasteiger partial charge in [-0.05, 0) is 35.9 Å². The minimum Gasteiger partial charge on any atom is -0.478 e. The number of anilines is 2. The van der Waals surface area contributed by atoms with Crippen LogP contribution in [-0.2, 0) is 27.5 Å². The molecule has 0 aliphatic carbocycles. The molecule has 1 heterocycles. The molecular formula is C25H24N4O7. The number of hydrogen-bond donors (Lipinski definition) is 5. The lowest BCUT2D eigenvalue weighted by Crippen LogP contribution is -2.23. The third-order valence-electron chi connectivity index (χ3n) is 4.32. The number of nitrogens with two attached hydrogens (primary N) is 1. The van der Waals surface area contributed by atoms with Gasteiger partial charge >= 0.3 is 18.0 Å². The molecule has 2 amide bonds.